The zero-order valence-corrected chi connectivity index (χ0v) is 32.3. The summed E-state index contributed by atoms with van der Waals surface area (Å²) in [6, 6.07) is 66.0. The number of pyridine rings is 1. The Morgan fingerprint density at radius 1 is 0.589 bits per heavy atom. The first-order chi connectivity index (χ1) is 28.4. The zero-order chi connectivity index (χ0) is 39.2. The van der Waals surface area contributed by atoms with Crippen molar-refractivity contribution in [3.8, 4) is 73.0 Å². The first kappa shape index (κ1) is 31.7. The SMILES string of the molecule is [2H]C([2H])([2H])c1ccc(-c2[c-]cccc2)nc1.[Ir].[c-]1ccc2c3c(oc2c1-c1nc2ccccc2n1-c1ccccc1)-c1ccccc1-c1ccccc1-c1ccccc1-3. The van der Waals surface area contributed by atoms with Crippen molar-refractivity contribution in [1.29, 1.82) is 0 Å². The van der Waals surface area contributed by atoms with Crippen molar-refractivity contribution in [3.05, 3.63) is 200 Å². The summed E-state index contributed by atoms with van der Waals surface area (Å²) >= 11 is 0. The summed E-state index contributed by atoms with van der Waals surface area (Å²) in [6.45, 7) is -2.09. The van der Waals surface area contributed by atoms with E-state index in [4.69, 9.17) is 13.5 Å². The van der Waals surface area contributed by atoms with Crippen molar-refractivity contribution in [2.24, 2.45) is 0 Å². The summed E-state index contributed by atoms with van der Waals surface area (Å²) in [5, 5.41) is 1.05. The van der Waals surface area contributed by atoms with E-state index in [2.05, 4.69) is 143 Å². The molecule has 0 unspecified atom stereocenters. The second-order valence-electron chi connectivity index (χ2n) is 13.3. The Labute approximate surface area is 343 Å². The fourth-order valence-electron chi connectivity index (χ4n) is 7.63. The van der Waals surface area contributed by atoms with Gasteiger partial charge in [-0.25, -0.2) is 0 Å². The largest absolute Gasteiger partial charge is 0.500 e. The van der Waals surface area contributed by atoms with Crippen LogP contribution in [0.15, 0.2) is 187 Å². The average Bonchev–Trinajstić information content (AvgIpc) is 3.86. The molecular formula is C51H33IrN3O-2. The quantitative estimate of drug-likeness (QED) is 0.166. The van der Waals surface area contributed by atoms with Gasteiger partial charge in [0.2, 0.25) is 0 Å². The summed E-state index contributed by atoms with van der Waals surface area (Å²) < 4.78 is 30.9. The van der Waals surface area contributed by atoms with Gasteiger partial charge in [-0.05, 0) is 70.2 Å². The summed E-state index contributed by atoms with van der Waals surface area (Å²) in [6.07, 6.45) is 1.39. The Kier molecular flexibility index (Phi) is 8.42. The predicted molar refractivity (Wildman–Crippen MR) is 224 cm³/mol. The molecule has 4 nitrogen and oxygen atoms in total. The van der Waals surface area contributed by atoms with Crippen molar-refractivity contribution in [1.82, 2.24) is 14.5 Å². The molecule has 0 amide bonds. The van der Waals surface area contributed by atoms with Gasteiger partial charge in [0.1, 0.15) is 5.76 Å². The fraction of sp³-hybridized carbons (Fsp3) is 0.0196. The molecule has 0 aliphatic heterocycles. The van der Waals surface area contributed by atoms with E-state index in [1.165, 1.54) is 22.9 Å². The van der Waals surface area contributed by atoms with Crippen LogP contribution in [-0.2, 0) is 20.1 Å². The maximum Gasteiger partial charge on any atom is 0.129 e. The van der Waals surface area contributed by atoms with Crippen LogP contribution in [0.3, 0.4) is 0 Å². The van der Waals surface area contributed by atoms with Gasteiger partial charge in [0, 0.05) is 47.2 Å². The first-order valence-corrected chi connectivity index (χ1v) is 18.2. The molecule has 3 aromatic heterocycles. The Morgan fingerprint density at radius 3 is 1.93 bits per heavy atom. The van der Waals surface area contributed by atoms with Crippen molar-refractivity contribution < 1.29 is 28.6 Å². The summed E-state index contributed by atoms with van der Waals surface area (Å²) in [5.41, 5.74) is 14.6. The van der Waals surface area contributed by atoms with Gasteiger partial charge < -0.3 is 14.0 Å². The van der Waals surface area contributed by atoms with Crippen LogP contribution in [0.5, 0.6) is 0 Å². The number of para-hydroxylation sites is 3. The van der Waals surface area contributed by atoms with Gasteiger partial charge in [-0.15, -0.1) is 54.1 Å². The summed E-state index contributed by atoms with van der Waals surface area (Å²) in [5.74, 6) is 1.67. The van der Waals surface area contributed by atoms with Gasteiger partial charge in [0.05, 0.1) is 22.4 Å². The molecule has 0 saturated carbocycles. The van der Waals surface area contributed by atoms with Crippen LogP contribution in [0.1, 0.15) is 9.68 Å². The van der Waals surface area contributed by atoms with Gasteiger partial charge in [-0.3, -0.25) is 4.98 Å². The normalized spacial score (nSPS) is 12.2. The molecule has 10 aromatic rings. The molecule has 11 rings (SSSR count). The van der Waals surface area contributed by atoms with Crippen LogP contribution in [0.25, 0.3) is 95.0 Å². The molecule has 5 heteroatoms. The number of aryl methyl sites for hydroxylation is 1. The Bertz CT molecular complexity index is 3100. The van der Waals surface area contributed by atoms with Crippen LogP contribution in [0.4, 0.5) is 0 Å². The first-order valence-electron chi connectivity index (χ1n) is 19.7. The minimum absolute atomic E-state index is 0. The number of rotatable bonds is 3. The third-order valence-electron chi connectivity index (χ3n) is 10.1. The van der Waals surface area contributed by atoms with E-state index >= 15 is 0 Å². The third-order valence-corrected chi connectivity index (χ3v) is 10.1. The number of hydrogen-bond acceptors (Lipinski definition) is 3. The van der Waals surface area contributed by atoms with E-state index in [0.717, 1.165) is 78.3 Å². The standard InChI is InChI=1S/C39H23N2O.C12H10N.Ir/c1-2-13-25(14-3-1)41-35-24-11-10-23-34(35)40-39(41)33-22-12-21-32-36-30-19-8-6-17-28(30)26-15-4-5-16-27(26)29-18-7-9-20-31(29)38(36)42-37(32)33;1-10-7-8-12(13-9-10)11-5-3-2-4-6-11;/h1-21,23-24H;2-5,7-9H,1H3;/q2*-1;/i;1D3;. The number of imidazole rings is 1. The van der Waals surface area contributed by atoms with E-state index in [-0.39, 0.29) is 25.7 Å². The summed E-state index contributed by atoms with van der Waals surface area (Å²) in [4.78, 5) is 9.27. The molecule has 7 aromatic carbocycles. The van der Waals surface area contributed by atoms with E-state index in [0.29, 0.717) is 0 Å². The minimum Gasteiger partial charge on any atom is -0.500 e. The number of hydrogen-bond donors (Lipinski definition) is 0. The third kappa shape index (κ3) is 6.08. The van der Waals surface area contributed by atoms with Crippen LogP contribution >= 0.6 is 0 Å². The van der Waals surface area contributed by atoms with Gasteiger partial charge in [-0.1, -0.05) is 126 Å². The Hall–Kier alpha value is -6.65. The Morgan fingerprint density at radius 2 is 1.23 bits per heavy atom. The molecule has 0 spiro atoms. The molecule has 0 bridgehead atoms. The molecule has 0 saturated heterocycles. The van der Waals surface area contributed by atoms with Gasteiger partial charge >= 0.3 is 0 Å². The number of furan rings is 1. The van der Waals surface area contributed by atoms with Crippen LogP contribution in [0.2, 0.25) is 0 Å². The van der Waals surface area contributed by atoms with E-state index < -0.39 is 6.85 Å². The molecule has 0 atom stereocenters. The predicted octanol–water partition coefficient (Wildman–Crippen LogP) is 13.1. The molecule has 3 heterocycles. The molecule has 1 radical (unpaired) electrons. The average molecular weight is 899 g/mol. The fourth-order valence-corrected chi connectivity index (χ4v) is 7.63. The zero-order valence-electron chi connectivity index (χ0n) is 32.9. The van der Waals surface area contributed by atoms with Crippen molar-refractivity contribution in [2.45, 2.75) is 6.85 Å². The van der Waals surface area contributed by atoms with Gasteiger partial charge in [0.25, 0.3) is 0 Å². The van der Waals surface area contributed by atoms with Crippen molar-refractivity contribution >= 4 is 22.0 Å². The summed E-state index contributed by atoms with van der Waals surface area (Å²) in [7, 11) is 0. The molecular weight excluding hydrogens is 863 g/mol. The van der Waals surface area contributed by atoms with Gasteiger partial charge in [-0.2, -0.15) is 0 Å². The maximum absolute atomic E-state index is 7.23. The second-order valence-corrected chi connectivity index (χ2v) is 13.3. The molecule has 1 aliphatic rings. The number of fused-ring (bicyclic) bond motifs is 11. The van der Waals surface area contributed by atoms with Crippen molar-refractivity contribution in [3.63, 3.8) is 0 Å². The molecule has 269 valence electrons. The van der Waals surface area contributed by atoms with E-state index in [9.17, 15) is 0 Å². The molecule has 0 fully saturated rings. The number of benzene rings is 7. The number of nitrogens with zero attached hydrogens (tertiary/aromatic N) is 3. The molecule has 0 N–H and O–H groups in total. The monoisotopic (exact) mass is 899 g/mol. The molecule has 1 aliphatic carbocycles. The van der Waals surface area contributed by atoms with Crippen molar-refractivity contribution in [2.75, 3.05) is 0 Å². The van der Waals surface area contributed by atoms with Gasteiger partial charge in [0.15, 0.2) is 0 Å². The molecule has 56 heavy (non-hydrogen) atoms. The second kappa shape index (κ2) is 14.9. The van der Waals surface area contributed by atoms with Crippen LogP contribution in [-0.4, -0.2) is 14.5 Å². The minimum atomic E-state index is -2.09. The van der Waals surface area contributed by atoms with E-state index in [1.807, 2.05) is 36.4 Å². The number of aromatic nitrogens is 3. The van der Waals surface area contributed by atoms with E-state index in [1.54, 1.807) is 18.2 Å². The topological polar surface area (TPSA) is 43.9 Å². The smallest absolute Gasteiger partial charge is 0.129 e. The maximum atomic E-state index is 7.23. The van der Waals surface area contributed by atoms with Crippen LogP contribution in [0, 0.1) is 19.0 Å². The Balaban J connectivity index is 0.000000224. The van der Waals surface area contributed by atoms with Crippen LogP contribution < -0.4 is 0 Å².